The van der Waals surface area contributed by atoms with Gasteiger partial charge >= 0.3 is 0 Å². The summed E-state index contributed by atoms with van der Waals surface area (Å²) >= 11 is 0. The van der Waals surface area contributed by atoms with Crippen molar-refractivity contribution in [3.8, 4) is 0 Å². The summed E-state index contributed by atoms with van der Waals surface area (Å²) in [5, 5.41) is 3.55. The average Bonchev–Trinajstić information content (AvgIpc) is 3.15. The molecule has 2 aliphatic carbocycles. The molecule has 0 bridgehead atoms. The highest BCUT2D eigenvalue weighted by Gasteiger charge is 2.56. The lowest BCUT2D eigenvalue weighted by Crippen LogP contribution is -2.50. The zero-order chi connectivity index (χ0) is 13.4. The first kappa shape index (κ1) is 13.4. The van der Waals surface area contributed by atoms with Crippen LogP contribution in [-0.2, 0) is 4.79 Å². The minimum atomic E-state index is 0.408. The molecule has 1 heterocycles. The van der Waals surface area contributed by atoms with Crippen molar-refractivity contribution in [1.82, 2.24) is 10.2 Å². The molecule has 108 valence electrons. The van der Waals surface area contributed by atoms with E-state index >= 15 is 0 Å². The number of carbonyl (C=O) groups excluding carboxylic acids is 1. The lowest BCUT2D eigenvalue weighted by Gasteiger charge is -2.37. The summed E-state index contributed by atoms with van der Waals surface area (Å²) in [6.07, 6.45) is 6.45. The molecule has 1 aliphatic heterocycles. The van der Waals surface area contributed by atoms with Crippen molar-refractivity contribution in [3.63, 3.8) is 0 Å². The molecule has 3 heteroatoms. The van der Waals surface area contributed by atoms with E-state index in [9.17, 15) is 4.79 Å². The summed E-state index contributed by atoms with van der Waals surface area (Å²) in [6.45, 7) is 7.42. The molecule has 0 aromatic carbocycles. The Bertz CT molecular complexity index is 332. The molecule has 1 amide bonds. The highest BCUT2D eigenvalue weighted by atomic mass is 16.2. The fraction of sp³-hybridized carbons (Fsp3) is 0.938. The molecule has 0 aromatic heterocycles. The second kappa shape index (κ2) is 5.43. The molecule has 4 unspecified atom stereocenters. The molecular weight excluding hydrogens is 236 g/mol. The third-order valence-corrected chi connectivity index (χ3v) is 5.62. The fourth-order valence-corrected chi connectivity index (χ4v) is 4.48. The molecule has 2 saturated carbocycles. The maximum absolute atomic E-state index is 12.6. The molecule has 19 heavy (non-hydrogen) atoms. The Hall–Kier alpha value is -0.570. The summed E-state index contributed by atoms with van der Waals surface area (Å²) in [6, 6.07) is 0.607. The van der Waals surface area contributed by atoms with Gasteiger partial charge in [-0.25, -0.2) is 0 Å². The number of likely N-dealkylation sites (tertiary alicyclic amines) is 1. The summed E-state index contributed by atoms with van der Waals surface area (Å²) in [5.41, 5.74) is 0. The van der Waals surface area contributed by atoms with E-state index in [1.54, 1.807) is 0 Å². The Balaban J connectivity index is 1.54. The molecule has 4 atom stereocenters. The summed E-state index contributed by atoms with van der Waals surface area (Å²) in [7, 11) is 0. The first-order valence-corrected chi connectivity index (χ1v) is 8.24. The lowest BCUT2D eigenvalue weighted by atomic mass is 9.93. The number of amides is 1. The second-order valence-electron chi connectivity index (χ2n) is 6.85. The highest BCUT2D eigenvalue weighted by molar-refractivity contribution is 5.82. The summed E-state index contributed by atoms with van der Waals surface area (Å²) in [5.74, 6) is 2.99. The van der Waals surface area contributed by atoms with E-state index in [0.717, 1.165) is 37.9 Å². The molecule has 0 aromatic rings. The van der Waals surface area contributed by atoms with Gasteiger partial charge in [0.15, 0.2) is 0 Å². The average molecular weight is 264 g/mol. The van der Waals surface area contributed by atoms with Gasteiger partial charge in [-0.3, -0.25) is 4.79 Å². The molecule has 3 rings (SSSR count). The molecule has 1 saturated heterocycles. The molecule has 3 nitrogen and oxygen atoms in total. The van der Waals surface area contributed by atoms with E-state index in [4.69, 9.17) is 0 Å². The lowest BCUT2D eigenvalue weighted by molar-refractivity contribution is -0.135. The Kier molecular flexibility index (Phi) is 3.84. The third kappa shape index (κ3) is 2.54. The van der Waals surface area contributed by atoms with Gasteiger partial charge in [-0.2, -0.15) is 0 Å². The van der Waals surface area contributed by atoms with Gasteiger partial charge in [0, 0.05) is 25.0 Å². The second-order valence-corrected chi connectivity index (χ2v) is 6.85. The molecule has 3 fully saturated rings. The first-order valence-electron chi connectivity index (χ1n) is 8.24. The normalized spacial score (nSPS) is 41.8. The fourth-order valence-electron chi connectivity index (χ4n) is 4.48. The van der Waals surface area contributed by atoms with Crippen LogP contribution in [0.25, 0.3) is 0 Å². The predicted molar refractivity (Wildman–Crippen MR) is 76.8 cm³/mol. The predicted octanol–water partition coefficient (Wildman–Crippen LogP) is 2.27. The molecule has 0 spiro atoms. The van der Waals surface area contributed by atoms with Gasteiger partial charge in [0.1, 0.15) is 0 Å². The van der Waals surface area contributed by atoms with E-state index in [1.165, 1.54) is 25.7 Å². The van der Waals surface area contributed by atoms with E-state index in [-0.39, 0.29) is 0 Å². The summed E-state index contributed by atoms with van der Waals surface area (Å²) in [4.78, 5) is 14.8. The molecule has 0 radical (unpaired) electrons. The van der Waals surface area contributed by atoms with Crippen molar-refractivity contribution >= 4 is 5.91 Å². The van der Waals surface area contributed by atoms with Crippen LogP contribution in [0.2, 0.25) is 0 Å². The number of hydrogen-bond donors (Lipinski definition) is 1. The zero-order valence-electron chi connectivity index (χ0n) is 12.4. The molecule has 1 N–H and O–H groups in total. The third-order valence-electron chi connectivity index (χ3n) is 5.62. The van der Waals surface area contributed by atoms with Crippen LogP contribution < -0.4 is 5.32 Å². The van der Waals surface area contributed by atoms with Crippen LogP contribution in [0.1, 0.15) is 46.0 Å². The minimum absolute atomic E-state index is 0.408. The minimum Gasteiger partial charge on any atom is -0.342 e. The maximum Gasteiger partial charge on any atom is 0.226 e. The Morgan fingerprint density at radius 1 is 1.21 bits per heavy atom. The SMILES string of the molecule is CCNC1CCN(C(=O)C2C3CCCCC32)CC1C. The van der Waals surface area contributed by atoms with Crippen molar-refractivity contribution in [3.05, 3.63) is 0 Å². The Morgan fingerprint density at radius 3 is 2.47 bits per heavy atom. The van der Waals surface area contributed by atoms with Gasteiger partial charge in [0.05, 0.1) is 0 Å². The van der Waals surface area contributed by atoms with Gasteiger partial charge in [0.2, 0.25) is 5.91 Å². The van der Waals surface area contributed by atoms with Gasteiger partial charge in [0.25, 0.3) is 0 Å². The number of rotatable bonds is 3. The van der Waals surface area contributed by atoms with Crippen molar-refractivity contribution < 1.29 is 4.79 Å². The number of nitrogens with one attached hydrogen (secondary N) is 1. The highest BCUT2D eigenvalue weighted by Crippen LogP contribution is 2.56. The van der Waals surface area contributed by atoms with E-state index in [2.05, 4.69) is 24.1 Å². The number of fused-ring (bicyclic) bond motifs is 1. The van der Waals surface area contributed by atoms with Gasteiger partial charge in [-0.05, 0) is 43.6 Å². The van der Waals surface area contributed by atoms with Crippen molar-refractivity contribution in [1.29, 1.82) is 0 Å². The van der Waals surface area contributed by atoms with Crippen molar-refractivity contribution in [2.75, 3.05) is 19.6 Å². The van der Waals surface area contributed by atoms with E-state index in [0.29, 0.717) is 23.8 Å². The topological polar surface area (TPSA) is 32.3 Å². The number of nitrogens with zero attached hydrogens (tertiary/aromatic N) is 1. The van der Waals surface area contributed by atoms with Crippen LogP contribution >= 0.6 is 0 Å². The van der Waals surface area contributed by atoms with Crippen molar-refractivity contribution in [2.45, 2.75) is 52.0 Å². The van der Waals surface area contributed by atoms with Crippen LogP contribution in [0.4, 0.5) is 0 Å². The molecule has 3 aliphatic rings. The van der Waals surface area contributed by atoms with Crippen LogP contribution in [0.5, 0.6) is 0 Å². The smallest absolute Gasteiger partial charge is 0.226 e. The first-order chi connectivity index (χ1) is 9.22. The van der Waals surface area contributed by atoms with Crippen LogP contribution in [0, 0.1) is 23.7 Å². The van der Waals surface area contributed by atoms with E-state index < -0.39 is 0 Å². The van der Waals surface area contributed by atoms with Crippen LogP contribution in [0.15, 0.2) is 0 Å². The number of carbonyl (C=O) groups is 1. The van der Waals surface area contributed by atoms with Gasteiger partial charge in [-0.15, -0.1) is 0 Å². The van der Waals surface area contributed by atoms with Crippen LogP contribution in [-0.4, -0.2) is 36.5 Å². The quantitative estimate of drug-likeness (QED) is 0.848. The number of hydrogen-bond acceptors (Lipinski definition) is 2. The Morgan fingerprint density at radius 2 is 1.89 bits per heavy atom. The molecular formula is C16H28N2O. The van der Waals surface area contributed by atoms with Crippen LogP contribution in [0.3, 0.4) is 0 Å². The standard InChI is InChI=1S/C16H28N2O/c1-3-17-14-8-9-18(10-11(14)2)16(19)15-12-6-4-5-7-13(12)15/h11-15,17H,3-10H2,1-2H3. The maximum atomic E-state index is 12.6. The largest absolute Gasteiger partial charge is 0.342 e. The number of piperidine rings is 1. The van der Waals surface area contributed by atoms with E-state index in [1.807, 2.05) is 0 Å². The monoisotopic (exact) mass is 264 g/mol. The Labute approximate surface area is 117 Å². The van der Waals surface area contributed by atoms with Gasteiger partial charge < -0.3 is 10.2 Å². The summed E-state index contributed by atoms with van der Waals surface area (Å²) < 4.78 is 0. The van der Waals surface area contributed by atoms with Crippen molar-refractivity contribution in [2.24, 2.45) is 23.7 Å². The van der Waals surface area contributed by atoms with Gasteiger partial charge in [-0.1, -0.05) is 26.7 Å². The zero-order valence-corrected chi connectivity index (χ0v) is 12.4.